The molecule has 0 atom stereocenters. The van der Waals surface area contributed by atoms with E-state index in [1.165, 1.54) is 5.56 Å². The number of hydrogen-bond acceptors (Lipinski definition) is 3. The normalized spacial score (nSPS) is 11.0. The van der Waals surface area contributed by atoms with E-state index in [0.717, 1.165) is 45.6 Å². The molecule has 6 nitrogen and oxygen atoms in total. The summed E-state index contributed by atoms with van der Waals surface area (Å²) in [5, 5.41) is 8.48. The number of hydrogen-bond donors (Lipinski definition) is 2. The Morgan fingerprint density at radius 1 is 0.971 bits per heavy atom. The number of nitrogens with one attached hydrogen (secondary N) is 2. The smallest absolute Gasteiger partial charge is 0.220 e. The van der Waals surface area contributed by atoms with Crippen LogP contribution in [0.15, 0.2) is 91.3 Å². The molecule has 0 unspecified atom stereocenters. The van der Waals surface area contributed by atoms with Gasteiger partial charge in [-0.25, -0.2) is 4.68 Å². The zero-order valence-corrected chi connectivity index (χ0v) is 19.7. The van der Waals surface area contributed by atoms with Crippen molar-refractivity contribution >= 4 is 16.8 Å². The number of amides is 1. The van der Waals surface area contributed by atoms with Crippen molar-refractivity contribution in [2.24, 2.45) is 0 Å². The summed E-state index contributed by atoms with van der Waals surface area (Å²) in [7, 11) is 1.66. The largest absolute Gasteiger partial charge is 0.497 e. The Kier molecular flexibility index (Phi) is 6.61. The van der Waals surface area contributed by atoms with Gasteiger partial charge < -0.3 is 15.0 Å². The molecule has 0 radical (unpaired) electrons. The van der Waals surface area contributed by atoms with E-state index in [0.29, 0.717) is 19.4 Å². The highest BCUT2D eigenvalue weighted by molar-refractivity contribution is 5.91. The lowest BCUT2D eigenvalue weighted by molar-refractivity contribution is -0.121. The van der Waals surface area contributed by atoms with Gasteiger partial charge in [0.15, 0.2) is 0 Å². The second-order valence-corrected chi connectivity index (χ2v) is 8.47. The Labute approximate surface area is 204 Å². The van der Waals surface area contributed by atoms with Gasteiger partial charge >= 0.3 is 0 Å². The summed E-state index contributed by atoms with van der Waals surface area (Å²) >= 11 is 0. The Morgan fingerprint density at radius 3 is 2.51 bits per heavy atom. The van der Waals surface area contributed by atoms with Crippen LogP contribution in [0, 0.1) is 0 Å². The highest BCUT2D eigenvalue weighted by atomic mass is 16.5. The van der Waals surface area contributed by atoms with E-state index in [1.54, 1.807) is 13.3 Å². The van der Waals surface area contributed by atoms with Gasteiger partial charge in [0.25, 0.3) is 0 Å². The first-order chi connectivity index (χ1) is 17.2. The van der Waals surface area contributed by atoms with Crippen LogP contribution in [0.3, 0.4) is 0 Å². The number of nitrogens with zero attached hydrogens (tertiary/aromatic N) is 2. The molecular formula is C29H28N4O2. The van der Waals surface area contributed by atoms with Crippen LogP contribution in [-0.4, -0.2) is 34.3 Å². The van der Waals surface area contributed by atoms with E-state index >= 15 is 0 Å². The first-order valence-corrected chi connectivity index (χ1v) is 11.8. The molecule has 0 spiro atoms. The number of fused-ring (bicyclic) bond motifs is 1. The number of carbonyl (C=O) groups excluding carboxylic acids is 1. The number of ether oxygens (including phenoxy) is 1. The Hall–Kier alpha value is -4.32. The van der Waals surface area contributed by atoms with Crippen molar-refractivity contribution in [3.05, 3.63) is 102 Å². The van der Waals surface area contributed by atoms with Crippen LogP contribution in [0.5, 0.6) is 5.75 Å². The van der Waals surface area contributed by atoms with Gasteiger partial charge in [-0.05, 0) is 78.1 Å². The quantitative estimate of drug-likeness (QED) is 0.310. The molecule has 2 aromatic heterocycles. The second-order valence-electron chi connectivity index (χ2n) is 8.47. The minimum Gasteiger partial charge on any atom is -0.497 e. The molecule has 5 aromatic rings. The Morgan fingerprint density at radius 2 is 1.77 bits per heavy atom. The van der Waals surface area contributed by atoms with Crippen molar-refractivity contribution in [3.8, 4) is 22.7 Å². The number of rotatable bonds is 9. The van der Waals surface area contributed by atoms with E-state index in [1.807, 2.05) is 65.5 Å². The highest BCUT2D eigenvalue weighted by Gasteiger charge is 2.14. The summed E-state index contributed by atoms with van der Waals surface area (Å²) in [6.45, 7) is 0.610. The third-order valence-corrected chi connectivity index (χ3v) is 6.24. The van der Waals surface area contributed by atoms with E-state index < -0.39 is 0 Å². The predicted octanol–water partition coefficient (Wildman–Crippen LogP) is 5.32. The number of H-pyrrole nitrogens is 1. The molecule has 1 amide bonds. The number of methoxy groups -OCH3 is 1. The van der Waals surface area contributed by atoms with Gasteiger partial charge in [0.1, 0.15) is 5.75 Å². The predicted molar refractivity (Wildman–Crippen MR) is 139 cm³/mol. The van der Waals surface area contributed by atoms with Crippen LogP contribution in [0.4, 0.5) is 0 Å². The summed E-state index contributed by atoms with van der Waals surface area (Å²) in [5.41, 5.74) is 6.58. The van der Waals surface area contributed by atoms with Crippen molar-refractivity contribution in [2.45, 2.75) is 19.3 Å². The fourth-order valence-corrected chi connectivity index (χ4v) is 4.37. The Bertz CT molecular complexity index is 1400. The van der Waals surface area contributed by atoms with Gasteiger partial charge in [-0.15, -0.1) is 0 Å². The average Bonchev–Trinajstić information content (AvgIpc) is 3.56. The molecule has 3 aromatic carbocycles. The number of aromatic amines is 1. The zero-order chi connectivity index (χ0) is 24.0. The lowest BCUT2D eigenvalue weighted by Gasteiger charge is -2.08. The molecule has 2 N–H and O–H groups in total. The van der Waals surface area contributed by atoms with Crippen LogP contribution >= 0.6 is 0 Å². The molecule has 0 saturated carbocycles. The molecule has 0 bridgehead atoms. The lowest BCUT2D eigenvalue weighted by Crippen LogP contribution is -2.25. The third kappa shape index (κ3) is 5.11. The summed E-state index contributed by atoms with van der Waals surface area (Å²) in [6.07, 6.45) is 5.57. The summed E-state index contributed by atoms with van der Waals surface area (Å²) in [6, 6.07) is 26.4. The summed E-state index contributed by atoms with van der Waals surface area (Å²) in [4.78, 5) is 16.2. The molecule has 0 aliphatic rings. The molecule has 0 saturated heterocycles. The minimum atomic E-state index is 0.0594. The van der Waals surface area contributed by atoms with Crippen molar-refractivity contribution in [1.82, 2.24) is 20.1 Å². The molecule has 2 heterocycles. The average molecular weight is 465 g/mol. The van der Waals surface area contributed by atoms with Crippen LogP contribution in [-0.2, 0) is 17.6 Å². The van der Waals surface area contributed by atoms with Crippen molar-refractivity contribution in [3.63, 3.8) is 0 Å². The zero-order valence-electron chi connectivity index (χ0n) is 19.7. The van der Waals surface area contributed by atoms with Gasteiger partial charge in [-0.3, -0.25) is 4.79 Å². The molecule has 6 heteroatoms. The molecule has 5 rings (SSSR count). The number of benzene rings is 3. The number of para-hydroxylation sites is 1. The van der Waals surface area contributed by atoms with Crippen molar-refractivity contribution in [2.75, 3.05) is 13.7 Å². The maximum Gasteiger partial charge on any atom is 0.220 e. The summed E-state index contributed by atoms with van der Waals surface area (Å²) < 4.78 is 7.13. The van der Waals surface area contributed by atoms with Crippen molar-refractivity contribution < 1.29 is 9.53 Å². The van der Waals surface area contributed by atoms with Gasteiger partial charge in [-0.2, -0.15) is 5.10 Å². The number of carbonyl (C=O) groups is 1. The van der Waals surface area contributed by atoms with Gasteiger partial charge in [0, 0.05) is 42.0 Å². The first-order valence-electron chi connectivity index (χ1n) is 11.8. The molecule has 176 valence electrons. The van der Waals surface area contributed by atoms with E-state index in [9.17, 15) is 4.79 Å². The Balaban J connectivity index is 1.21. The van der Waals surface area contributed by atoms with Crippen LogP contribution < -0.4 is 10.1 Å². The molecule has 0 aliphatic carbocycles. The van der Waals surface area contributed by atoms with Crippen LogP contribution in [0.2, 0.25) is 0 Å². The van der Waals surface area contributed by atoms with Crippen LogP contribution in [0.25, 0.3) is 27.8 Å². The molecule has 35 heavy (non-hydrogen) atoms. The highest BCUT2D eigenvalue weighted by Crippen LogP contribution is 2.32. The second kappa shape index (κ2) is 10.3. The van der Waals surface area contributed by atoms with Crippen molar-refractivity contribution in [1.29, 1.82) is 0 Å². The van der Waals surface area contributed by atoms with E-state index in [2.05, 4.69) is 39.7 Å². The maximum absolute atomic E-state index is 12.7. The van der Waals surface area contributed by atoms with Gasteiger partial charge in [0.05, 0.1) is 12.8 Å². The summed E-state index contributed by atoms with van der Waals surface area (Å²) in [5.74, 6) is 0.880. The minimum absolute atomic E-state index is 0.0594. The molecular weight excluding hydrogens is 436 g/mol. The number of aryl methyl sites for hydroxylation is 1. The fraction of sp³-hybridized carbons (Fsp3) is 0.172. The monoisotopic (exact) mass is 464 g/mol. The third-order valence-electron chi connectivity index (χ3n) is 6.24. The fourth-order valence-electron chi connectivity index (χ4n) is 4.37. The molecule has 0 aliphatic heterocycles. The molecule has 0 fully saturated rings. The van der Waals surface area contributed by atoms with Gasteiger partial charge in [-0.1, -0.05) is 30.3 Å². The lowest BCUT2D eigenvalue weighted by atomic mass is 10.0. The van der Waals surface area contributed by atoms with E-state index in [4.69, 9.17) is 4.74 Å². The standard InChI is InChI=1S/C29H28N4O2/c1-35-24-13-9-22(10-14-24)29-26(25-5-2-3-6-27(25)32-29)15-16-28(34)30-19-17-21-7-11-23(12-8-21)33-20-4-18-31-33/h2-14,18,20,32H,15-17,19H2,1H3,(H,30,34). The van der Waals surface area contributed by atoms with Gasteiger partial charge in [0.2, 0.25) is 5.91 Å². The first kappa shape index (κ1) is 22.5. The SMILES string of the molecule is COc1ccc(-c2[nH]c3ccccc3c2CCC(=O)NCCc2ccc(-n3cccn3)cc2)cc1. The topological polar surface area (TPSA) is 71.9 Å². The maximum atomic E-state index is 12.7. The van der Waals surface area contributed by atoms with E-state index in [-0.39, 0.29) is 5.91 Å². The number of aromatic nitrogens is 3. The van der Waals surface area contributed by atoms with Crippen LogP contribution in [0.1, 0.15) is 17.5 Å².